The van der Waals surface area contributed by atoms with Crippen LogP contribution in [-0.2, 0) is 0 Å². The lowest BCUT2D eigenvalue weighted by Gasteiger charge is -2.26. The van der Waals surface area contributed by atoms with Crippen LogP contribution in [0.15, 0.2) is 52.1 Å². The first-order chi connectivity index (χ1) is 10.1. The average Bonchev–Trinajstić information content (AvgIpc) is 2.49. The summed E-state index contributed by atoms with van der Waals surface area (Å²) in [7, 11) is 0. The van der Waals surface area contributed by atoms with Gasteiger partial charge in [0.15, 0.2) is 5.84 Å². The summed E-state index contributed by atoms with van der Waals surface area (Å²) in [5, 5.41) is 12.0. The van der Waals surface area contributed by atoms with Crippen molar-refractivity contribution in [2.45, 2.75) is 6.92 Å². The first kappa shape index (κ1) is 15.3. The summed E-state index contributed by atoms with van der Waals surface area (Å²) < 4.78 is 14.7. The number of nitrogens with two attached hydrogens (primary N) is 1. The molecule has 0 spiro atoms. The Morgan fingerprint density at radius 1 is 1.24 bits per heavy atom. The molecule has 3 N–H and O–H groups in total. The SMILES string of the molecule is CCN(c1ccccc1F)c1cccc(Br)c1/C(N)=N/O. The zero-order chi connectivity index (χ0) is 15.4. The summed E-state index contributed by atoms with van der Waals surface area (Å²) in [5.74, 6) is -0.364. The number of amidine groups is 1. The Labute approximate surface area is 130 Å². The molecule has 0 fully saturated rings. The second-order valence-corrected chi connectivity index (χ2v) is 5.17. The van der Waals surface area contributed by atoms with Gasteiger partial charge in [-0.15, -0.1) is 0 Å². The van der Waals surface area contributed by atoms with E-state index in [4.69, 9.17) is 10.9 Å². The molecule has 0 atom stereocenters. The van der Waals surface area contributed by atoms with Crippen molar-refractivity contribution in [2.24, 2.45) is 10.9 Å². The summed E-state index contributed by atoms with van der Waals surface area (Å²) in [6, 6.07) is 11.9. The summed E-state index contributed by atoms with van der Waals surface area (Å²) in [6.45, 7) is 2.44. The molecular formula is C15H15BrFN3O. The van der Waals surface area contributed by atoms with E-state index in [-0.39, 0.29) is 11.7 Å². The van der Waals surface area contributed by atoms with Crippen LogP contribution in [-0.4, -0.2) is 17.6 Å². The van der Waals surface area contributed by atoms with Crippen molar-refractivity contribution in [3.63, 3.8) is 0 Å². The van der Waals surface area contributed by atoms with E-state index in [9.17, 15) is 4.39 Å². The molecule has 0 aliphatic carbocycles. The van der Waals surface area contributed by atoms with Gasteiger partial charge in [-0.25, -0.2) is 4.39 Å². The van der Waals surface area contributed by atoms with Gasteiger partial charge in [-0.1, -0.05) is 23.4 Å². The number of para-hydroxylation sites is 1. The maximum Gasteiger partial charge on any atom is 0.173 e. The number of halogens is 2. The Balaban J connectivity index is 2.64. The second kappa shape index (κ2) is 6.58. The standard InChI is InChI=1S/C15H15BrFN3O/c1-2-20(12-8-4-3-7-11(12)17)13-9-5-6-10(16)14(13)15(18)19-21/h3-9,21H,2H2,1H3,(H2,18,19). The minimum atomic E-state index is -0.329. The first-order valence-corrected chi connectivity index (χ1v) is 7.18. The Bertz CT molecular complexity index is 676. The molecule has 0 aliphatic rings. The van der Waals surface area contributed by atoms with Crippen LogP contribution in [0.4, 0.5) is 15.8 Å². The smallest absolute Gasteiger partial charge is 0.173 e. The molecule has 0 aliphatic heterocycles. The third kappa shape index (κ3) is 3.00. The van der Waals surface area contributed by atoms with Crippen LogP contribution in [0, 0.1) is 5.82 Å². The van der Waals surface area contributed by atoms with Crippen molar-refractivity contribution >= 4 is 33.1 Å². The molecule has 21 heavy (non-hydrogen) atoms. The molecule has 0 aromatic heterocycles. The normalized spacial score (nSPS) is 11.5. The van der Waals surface area contributed by atoms with Gasteiger partial charge < -0.3 is 15.8 Å². The second-order valence-electron chi connectivity index (χ2n) is 4.31. The molecule has 2 aromatic rings. The highest BCUT2D eigenvalue weighted by Gasteiger charge is 2.19. The molecule has 0 saturated carbocycles. The highest BCUT2D eigenvalue weighted by molar-refractivity contribution is 9.10. The van der Waals surface area contributed by atoms with Crippen LogP contribution < -0.4 is 10.6 Å². The predicted molar refractivity (Wildman–Crippen MR) is 85.7 cm³/mol. The van der Waals surface area contributed by atoms with Crippen LogP contribution in [0.1, 0.15) is 12.5 Å². The van der Waals surface area contributed by atoms with Gasteiger partial charge in [0.25, 0.3) is 0 Å². The number of benzene rings is 2. The lowest BCUT2D eigenvalue weighted by molar-refractivity contribution is 0.318. The lowest BCUT2D eigenvalue weighted by atomic mass is 10.1. The fourth-order valence-corrected chi connectivity index (χ4v) is 2.74. The third-order valence-electron chi connectivity index (χ3n) is 3.11. The third-order valence-corrected chi connectivity index (χ3v) is 3.77. The van der Waals surface area contributed by atoms with E-state index in [0.717, 1.165) is 0 Å². The van der Waals surface area contributed by atoms with Gasteiger partial charge in [0.2, 0.25) is 0 Å². The van der Waals surface area contributed by atoms with Crippen molar-refractivity contribution in [3.8, 4) is 0 Å². The molecule has 0 radical (unpaired) electrons. The number of hydrogen-bond acceptors (Lipinski definition) is 3. The zero-order valence-electron chi connectivity index (χ0n) is 11.4. The number of oxime groups is 1. The van der Waals surface area contributed by atoms with E-state index in [1.54, 1.807) is 35.2 Å². The van der Waals surface area contributed by atoms with E-state index in [0.29, 0.717) is 28.0 Å². The van der Waals surface area contributed by atoms with Gasteiger partial charge in [-0.05, 0) is 47.1 Å². The van der Waals surface area contributed by atoms with Crippen molar-refractivity contribution in [1.29, 1.82) is 0 Å². The molecule has 2 rings (SSSR count). The molecule has 110 valence electrons. The Morgan fingerprint density at radius 2 is 1.90 bits per heavy atom. The zero-order valence-corrected chi connectivity index (χ0v) is 13.0. The van der Waals surface area contributed by atoms with Gasteiger partial charge >= 0.3 is 0 Å². The summed E-state index contributed by atoms with van der Waals surface area (Å²) in [5.41, 5.74) is 7.37. The minimum Gasteiger partial charge on any atom is -0.409 e. The molecule has 2 aromatic carbocycles. The highest BCUT2D eigenvalue weighted by atomic mass is 79.9. The Morgan fingerprint density at radius 3 is 2.52 bits per heavy atom. The molecule has 0 amide bonds. The topological polar surface area (TPSA) is 61.8 Å². The van der Waals surface area contributed by atoms with Crippen LogP contribution in [0.3, 0.4) is 0 Å². The van der Waals surface area contributed by atoms with Gasteiger partial charge in [-0.3, -0.25) is 0 Å². The van der Waals surface area contributed by atoms with Crippen molar-refractivity contribution < 1.29 is 9.60 Å². The van der Waals surface area contributed by atoms with E-state index >= 15 is 0 Å². The predicted octanol–water partition coefficient (Wildman–Crippen LogP) is 3.84. The summed E-state index contributed by atoms with van der Waals surface area (Å²) in [6.07, 6.45) is 0. The van der Waals surface area contributed by atoms with Crippen molar-refractivity contribution in [2.75, 3.05) is 11.4 Å². The lowest BCUT2D eigenvalue weighted by Crippen LogP contribution is -2.23. The first-order valence-electron chi connectivity index (χ1n) is 6.38. The van der Waals surface area contributed by atoms with Gasteiger partial charge in [0.05, 0.1) is 16.9 Å². The Kier molecular flexibility index (Phi) is 4.80. The quantitative estimate of drug-likeness (QED) is 0.380. The maximum atomic E-state index is 14.1. The number of rotatable bonds is 4. The Hall–Kier alpha value is -2.08. The van der Waals surface area contributed by atoms with E-state index < -0.39 is 0 Å². The molecule has 0 heterocycles. The van der Waals surface area contributed by atoms with Crippen LogP contribution in [0.2, 0.25) is 0 Å². The summed E-state index contributed by atoms with van der Waals surface area (Å²) >= 11 is 3.38. The number of hydrogen-bond donors (Lipinski definition) is 2. The van der Waals surface area contributed by atoms with E-state index in [2.05, 4.69) is 21.1 Å². The molecule has 0 bridgehead atoms. The largest absolute Gasteiger partial charge is 0.409 e. The van der Waals surface area contributed by atoms with Crippen molar-refractivity contribution in [1.82, 2.24) is 0 Å². The number of nitrogens with zero attached hydrogens (tertiary/aromatic N) is 2. The molecule has 0 saturated heterocycles. The maximum absolute atomic E-state index is 14.1. The fourth-order valence-electron chi connectivity index (χ4n) is 2.18. The summed E-state index contributed by atoms with van der Waals surface area (Å²) in [4.78, 5) is 1.77. The minimum absolute atomic E-state index is 0.0349. The fraction of sp³-hybridized carbons (Fsp3) is 0.133. The van der Waals surface area contributed by atoms with E-state index in [1.165, 1.54) is 6.07 Å². The van der Waals surface area contributed by atoms with Crippen molar-refractivity contribution in [3.05, 3.63) is 58.3 Å². The molecule has 0 unspecified atom stereocenters. The monoisotopic (exact) mass is 351 g/mol. The van der Waals surface area contributed by atoms with Crippen LogP contribution in [0.25, 0.3) is 0 Å². The van der Waals surface area contributed by atoms with Gasteiger partial charge in [0, 0.05) is 11.0 Å². The molecule has 4 nitrogen and oxygen atoms in total. The average molecular weight is 352 g/mol. The van der Waals surface area contributed by atoms with Gasteiger partial charge in [0.1, 0.15) is 5.82 Å². The molecular weight excluding hydrogens is 337 g/mol. The molecule has 6 heteroatoms. The van der Waals surface area contributed by atoms with Crippen LogP contribution >= 0.6 is 15.9 Å². The van der Waals surface area contributed by atoms with Crippen LogP contribution in [0.5, 0.6) is 0 Å². The van der Waals surface area contributed by atoms with E-state index in [1.807, 2.05) is 13.0 Å². The van der Waals surface area contributed by atoms with Gasteiger partial charge in [-0.2, -0.15) is 0 Å². The highest BCUT2D eigenvalue weighted by Crippen LogP contribution is 2.33. The number of anilines is 2.